The van der Waals surface area contributed by atoms with Gasteiger partial charge < -0.3 is 14.8 Å². The second-order valence-corrected chi connectivity index (χ2v) is 7.00. The minimum absolute atomic E-state index is 0.186. The van der Waals surface area contributed by atoms with Crippen LogP contribution in [0.4, 0.5) is 0 Å². The van der Waals surface area contributed by atoms with E-state index in [-0.39, 0.29) is 18.6 Å². The van der Waals surface area contributed by atoms with Crippen molar-refractivity contribution in [2.24, 2.45) is 0 Å². The molecule has 3 rings (SSSR count). The third-order valence-electron chi connectivity index (χ3n) is 4.57. The molecule has 30 heavy (non-hydrogen) atoms. The molecule has 5 nitrogen and oxygen atoms in total. The third kappa shape index (κ3) is 5.53. The topological polar surface area (TPSA) is 71.3 Å². The number of nitrogens with one attached hydrogen (secondary N) is 1. The Kier molecular flexibility index (Phi) is 7.31. The van der Waals surface area contributed by atoms with E-state index in [1.807, 2.05) is 60.7 Å². The lowest BCUT2D eigenvalue weighted by atomic mass is 9.99. The predicted molar refractivity (Wildman–Crippen MR) is 116 cm³/mol. The van der Waals surface area contributed by atoms with Crippen LogP contribution in [0.1, 0.15) is 22.7 Å². The van der Waals surface area contributed by atoms with E-state index >= 15 is 0 Å². The van der Waals surface area contributed by atoms with Gasteiger partial charge in [0.05, 0.1) is 24.8 Å². The fourth-order valence-corrected chi connectivity index (χ4v) is 3.27. The highest BCUT2D eigenvalue weighted by Gasteiger charge is 2.17. The highest BCUT2D eigenvalue weighted by molar-refractivity contribution is 6.31. The Labute approximate surface area is 180 Å². The molecular formula is C24H21ClN2O3. The molecule has 0 fully saturated rings. The number of methoxy groups -OCH3 is 1. The summed E-state index contributed by atoms with van der Waals surface area (Å²) in [7, 11) is 1.48. The number of halogens is 1. The summed E-state index contributed by atoms with van der Waals surface area (Å²) in [6.45, 7) is -0.186. The van der Waals surface area contributed by atoms with Crippen LogP contribution in [0.2, 0.25) is 5.02 Å². The maximum atomic E-state index is 12.6. The number of amides is 1. The number of ether oxygens (including phenoxy) is 2. The third-order valence-corrected chi connectivity index (χ3v) is 4.94. The summed E-state index contributed by atoms with van der Waals surface area (Å²) in [5.41, 5.74) is 2.37. The Balaban J connectivity index is 1.71. The molecule has 0 aliphatic carbocycles. The van der Waals surface area contributed by atoms with Crippen LogP contribution in [0.25, 0.3) is 0 Å². The van der Waals surface area contributed by atoms with Gasteiger partial charge in [-0.25, -0.2) is 0 Å². The zero-order valence-corrected chi connectivity index (χ0v) is 17.2. The quantitative estimate of drug-likeness (QED) is 0.573. The Morgan fingerprint density at radius 3 is 2.50 bits per heavy atom. The van der Waals surface area contributed by atoms with Gasteiger partial charge in [0.15, 0.2) is 18.1 Å². The van der Waals surface area contributed by atoms with Crippen molar-refractivity contribution in [2.45, 2.75) is 12.5 Å². The summed E-state index contributed by atoms with van der Waals surface area (Å²) in [5, 5.41) is 12.7. The van der Waals surface area contributed by atoms with Gasteiger partial charge in [-0.15, -0.1) is 0 Å². The van der Waals surface area contributed by atoms with E-state index < -0.39 is 0 Å². The standard InChI is InChI=1S/C24H21ClN2O3/c1-29-23-13-17(15-26)11-12-22(23)30-16-24(28)27-21(18-7-3-2-4-8-18)14-19-9-5-6-10-20(19)25/h2-13,21H,14,16H2,1H3,(H,27,28). The summed E-state index contributed by atoms with van der Waals surface area (Å²) in [6, 6.07) is 23.9. The van der Waals surface area contributed by atoms with Crippen molar-refractivity contribution in [1.82, 2.24) is 5.32 Å². The number of carbonyl (C=O) groups is 1. The van der Waals surface area contributed by atoms with Gasteiger partial charge in [0.2, 0.25) is 0 Å². The summed E-state index contributed by atoms with van der Waals surface area (Å²) in [5.74, 6) is 0.522. The summed E-state index contributed by atoms with van der Waals surface area (Å²) < 4.78 is 10.9. The van der Waals surface area contributed by atoms with Crippen molar-refractivity contribution in [3.8, 4) is 17.6 Å². The van der Waals surface area contributed by atoms with Crippen LogP contribution in [-0.2, 0) is 11.2 Å². The number of benzene rings is 3. The second-order valence-electron chi connectivity index (χ2n) is 6.59. The Hall–Kier alpha value is -3.49. The highest BCUT2D eigenvalue weighted by atomic mass is 35.5. The molecule has 3 aromatic rings. The Morgan fingerprint density at radius 2 is 1.80 bits per heavy atom. The molecule has 1 amide bonds. The van der Waals surface area contributed by atoms with E-state index in [1.165, 1.54) is 7.11 Å². The lowest BCUT2D eigenvalue weighted by molar-refractivity contribution is -0.123. The van der Waals surface area contributed by atoms with Crippen LogP contribution in [-0.4, -0.2) is 19.6 Å². The molecule has 1 N–H and O–H groups in total. The van der Waals surface area contributed by atoms with Crippen molar-refractivity contribution in [3.63, 3.8) is 0 Å². The number of nitrogens with zero attached hydrogens (tertiary/aromatic N) is 1. The van der Waals surface area contributed by atoms with E-state index in [9.17, 15) is 4.79 Å². The number of rotatable bonds is 8. The van der Waals surface area contributed by atoms with Gasteiger partial charge in [-0.3, -0.25) is 4.79 Å². The first-order valence-corrected chi connectivity index (χ1v) is 9.77. The molecule has 1 atom stereocenters. The molecule has 0 spiro atoms. The smallest absolute Gasteiger partial charge is 0.258 e. The molecule has 0 saturated carbocycles. The first-order valence-electron chi connectivity index (χ1n) is 9.39. The van der Waals surface area contributed by atoms with E-state index in [0.717, 1.165) is 11.1 Å². The predicted octanol–water partition coefficient (Wildman–Crippen LogP) is 4.70. The largest absolute Gasteiger partial charge is 0.493 e. The molecule has 1 unspecified atom stereocenters. The fraction of sp³-hybridized carbons (Fsp3) is 0.167. The SMILES string of the molecule is COc1cc(C#N)ccc1OCC(=O)NC(Cc1ccccc1Cl)c1ccccc1. The van der Waals surface area contributed by atoms with E-state index in [1.54, 1.807) is 18.2 Å². The van der Waals surface area contributed by atoms with Gasteiger partial charge in [-0.2, -0.15) is 5.26 Å². The average molecular weight is 421 g/mol. The molecule has 3 aromatic carbocycles. The first-order chi connectivity index (χ1) is 14.6. The Bertz CT molecular complexity index is 1050. The first kappa shape index (κ1) is 21.2. The van der Waals surface area contributed by atoms with Crippen molar-refractivity contribution < 1.29 is 14.3 Å². The monoisotopic (exact) mass is 420 g/mol. The zero-order valence-electron chi connectivity index (χ0n) is 16.5. The van der Waals surface area contributed by atoms with Crippen LogP contribution in [0.5, 0.6) is 11.5 Å². The molecule has 0 bridgehead atoms. The van der Waals surface area contributed by atoms with Crippen LogP contribution < -0.4 is 14.8 Å². The molecule has 0 aliphatic heterocycles. The van der Waals surface area contributed by atoms with Gasteiger partial charge >= 0.3 is 0 Å². The lowest BCUT2D eigenvalue weighted by Gasteiger charge is -2.20. The van der Waals surface area contributed by atoms with Gasteiger partial charge in [-0.05, 0) is 35.7 Å². The number of hydrogen-bond acceptors (Lipinski definition) is 4. The van der Waals surface area contributed by atoms with Crippen LogP contribution in [0.15, 0.2) is 72.8 Å². The second kappa shape index (κ2) is 10.3. The van der Waals surface area contributed by atoms with E-state index in [2.05, 4.69) is 5.32 Å². The molecule has 0 radical (unpaired) electrons. The zero-order chi connectivity index (χ0) is 21.3. The molecule has 0 saturated heterocycles. The molecule has 0 heterocycles. The minimum Gasteiger partial charge on any atom is -0.493 e. The van der Waals surface area contributed by atoms with E-state index in [0.29, 0.717) is 28.5 Å². The van der Waals surface area contributed by atoms with Crippen LogP contribution in [0.3, 0.4) is 0 Å². The Morgan fingerprint density at radius 1 is 1.07 bits per heavy atom. The number of carbonyl (C=O) groups excluding carboxylic acids is 1. The van der Waals surface area contributed by atoms with Gasteiger partial charge in [0, 0.05) is 11.1 Å². The van der Waals surface area contributed by atoms with Crippen molar-refractivity contribution in [2.75, 3.05) is 13.7 Å². The van der Waals surface area contributed by atoms with Crippen molar-refractivity contribution in [1.29, 1.82) is 5.26 Å². The fourth-order valence-electron chi connectivity index (χ4n) is 3.06. The molecular weight excluding hydrogens is 400 g/mol. The molecule has 152 valence electrons. The summed E-state index contributed by atoms with van der Waals surface area (Å²) >= 11 is 6.32. The average Bonchev–Trinajstić information content (AvgIpc) is 2.79. The van der Waals surface area contributed by atoms with Gasteiger partial charge in [0.25, 0.3) is 5.91 Å². The highest BCUT2D eigenvalue weighted by Crippen LogP contribution is 2.28. The maximum Gasteiger partial charge on any atom is 0.258 e. The van der Waals surface area contributed by atoms with E-state index in [4.69, 9.17) is 26.3 Å². The van der Waals surface area contributed by atoms with Gasteiger partial charge in [-0.1, -0.05) is 60.1 Å². The maximum absolute atomic E-state index is 12.6. The van der Waals surface area contributed by atoms with Crippen molar-refractivity contribution in [3.05, 3.63) is 94.5 Å². The molecule has 6 heteroatoms. The molecule has 0 aliphatic rings. The summed E-state index contributed by atoms with van der Waals surface area (Å²) in [4.78, 5) is 12.6. The lowest BCUT2D eigenvalue weighted by Crippen LogP contribution is -2.33. The number of hydrogen-bond donors (Lipinski definition) is 1. The van der Waals surface area contributed by atoms with Crippen molar-refractivity contribution >= 4 is 17.5 Å². The number of nitriles is 1. The minimum atomic E-state index is -0.276. The summed E-state index contributed by atoms with van der Waals surface area (Å²) in [6.07, 6.45) is 0.551. The van der Waals surface area contributed by atoms with Crippen LogP contribution in [0, 0.1) is 11.3 Å². The normalized spacial score (nSPS) is 11.2. The van der Waals surface area contributed by atoms with Gasteiger partial charge in [0.1, 0.15) is 0 Å². The van der Waals surface area contributed by atoms with Crippen LogP contribution >= 0.6 is 11.6 Å². The molecule has 0 aromatic heterocycles.